The van der Waals surface area contributed by atoms with Gasteiger partial charge in [-0.25, -0.2) is 0 Å². The number of anilines is 1. The van der Waals surface area contributed by atoms with E-state index in [1.807, 2.05) is 30.3 Å². The summed E-state index contributed by atoms with van der Waals surface area (Å²) in [4.78, 5) is 12.5. The Morgan fingerprint density at radius 1 is 1.10 bits per heavy atom. The second-order valence-electron chi connectivity index (χ2n) is 4.96. The van der Waals surface area contributed by atoms with Gasteiger partial charge in [0.1, 0.15) is 5.75 Å². The highest BCUT2D eigenvalue weighted by Crippen LogP contribution is 2.24. The minimum Gasteiger partial charge on any atom is -0.497 e. The first-order valence-corrected chi connectivity index (χ1v) is 6.83. The summed E-state index contributed by atoms with van der Waals surface area (Å²) in [6.07, 6.45) is 2.15. The van der Waals surface area contributed by atoms with Crippen LogP contribution in [0, 0.1) is 0 Å². The van der Waals surface area contributed by atoms with E-state index in [-0.39, 0.29) is 5.78 Å². The molecule has 1 N–H and O–H groups in total. The van der Waals surface area contributed by atoms with E-state index in [0.717, 1.165) is 36.4 Å². The molecule has 0 fully saturated rings. The Hall–Kier alpha value is -2.29. The number of carbonyl (C=O) groups is 1. The van der Waals surface area contributed by atoms with E-state index in [9.17, 15) is 4.79 Å². The van der Waals surface area contributed by atoms with Crippen LogP contribution in [0.3, 0.4) is 0 Å². The molecule has 2 aromatic rings. The summed E-state index contributed by atoms with van der Waals surface area (Å²) in [5.74, 6) is 0.817. The third-order valence-corrected chi connectivity index (χ3v) is 3.66. The predicted octanol–water partition coefficient (Wildman–Crippen LogP) is 3.28. The molecule has 3 nitrogen and oxygen atoms in total. The number of rotatable bonds is 3. The van der Waals surface area contributed by atoms with Crippen molar-refractivity contribution in [2.45, 2.75) is 12.8 Å². The van der Waals surface area contributed by atoms with Crippen LogP contribution in [-0.2, 0) is 6.42 Å². The molecule has 1 aliphatic rings. The molecule has 0 aliphatic carbocycles. The zero-order valence-corrected chi connectivity index (χ0v) is 11.5. The number of methoxy groups -OCH3 is 1. The van der Waals surface area contributed by atoms with E-state index in [1.54, 1.807) is 19.2 Å². The number of hydrogen-bond acceptors (Lipinski definition) is 3. The molecule has 0 saturated heterocycles. The van der Waals surface area contributed by atoms with Crippen molar-refractivity contribution in [3.8, 4) is 5.75 Å². The van der Waals surface area contributed by atoms with Crippen molar-refractivity contribution in [2.24, 2.45) is 0 Å². The first-order valence-electron chi connectivity index (χ1n) is 6.83. The van der Waals surface area contributed by atoms with Gasteiger partial charge in [0.2, 0.25) is 0 Å². The van der Waals surface area contributed by atoms with Gasteiger partial charge >= 0.3 is 0 Å². The second-order valence-corrected chi connectivity index (χ2v) is 4.96. The summed E-state index contributed by atoms with van der Waals surface area (Å²) in [5, 5.41) is 3.36. The lowest BCUT2D eigenvalue weighted by atomic mass is 9.96. The first-order chi connectivity index (χ1) is 9.78. The molecule has 0 amide bonds. The Balaban J connectivity index is 1.89. The molecule has 3 heteroatoms. The van der Waals surface area contributed by atoms with E-state index in [4.69, 9.17) is 4.74 Å². The summed E-state index contributed by atoms with van der Waals surface area (Å²) in [7, 11) is 1.62. The Bertz CT molecular complexity index is 632. The van der Waals surface area contributed by atoms with E-state index in [1.165, 1.54) is 5.56 Å². The van der Waals surface area contributed by atoms with E-state index >= 15 is 0 Å². The largest absolute Gasteiger partial charge is 0.497 e. The van der Waals surface area contributed by atoms with E-state index < -0.39 is 0 Å². The van der Waals surface area contributed by atoms with E-state index in [2.05, 4.69) is 5.32 Å². The summed E-state index contributed by atoms with van der Waals surface area (Å²) in [6, 6.07) is 13.1. The van der Waals surface area contributed by atoms with Crippen LogP contribution in [0.25, 0.3) is 0 Å². The number of nitrogens with one attached hydrogen (secondary N) is 1. The van der Waals surface area contributed by atoms with Crippen LogP contribution in [0.15, 0.2) is 42.5 Å². The molecule has 0 bridgehead atoms. The minimum absolute atomic E-state index is 0.0565. The third-order valence-electron chi connectivity index (χ3n) is 3.66. The van der Waals surface area contributed by atoms with Crippen LogP contribution in [0.1, 0.15) is 27.9 Å². The van der Waals surface area contributed by atoms with Crippen molar-refractivity contribution in [3.05, 3.63) is 59.2 Å². The van der Waals surface area contributed by atoms with Crippen LogP contribution in [0.5, 0.6) is 5.75 Å². The molecule has 0 atom stereocenters. The summed E-state index contributed by atoms with van der Waals surface area (Å²) >= 11 is 0. The molecule has 2 aromatic carbocycles. The maximum Gasteiger partial charge on any atom is 0.193 e. The van der Waals surface area contributed by atoms with Gasteiger partial charge in [0.25, 0.3) is 0 Å². The fraction of sp³-hybridized carbons (Fsp3) is 0.235. The molecular weight excluding hydrogens is 250 g/mol. The lowest BCUT2D eigenvalue weighted by Crippen LogP contribution is -2.12. The zero-order valence-electron chi connectivity index (χ0n) is 11.5. The fourth-order valence-electron chi connectivity index (χ4n) is 2.53. The Labute approximate surface area is 118 Å². The van der Waals surface area contributed by atoms with Crippen molar-refractivity contribution in [2.75, 3.05) is 19.0 Å². The van der Waals surface area contributed by atoms with Gasteiger partial charge in [-0.05, 0) is 60.9 Å². The summed E-state index contributed by atoms with van der Waals surface area (Å²) in [6.45, 7) is 1.01. The quantitative estimate of drug-likeness (QED) is 0.867. The van der Waals surface area contributed by atoms with E-state index in [0.29, 0.717) is 5.56 Å². The highest BCUT2D eigenvalue weighted by molar-refractivity contribution is 6.09. The predicted molar refractivity (Wildman–Crippen MR) is 79.7 cm³/mol. The van der Waals surface area contributed by atoms with Crippen molar-refractivity contribution in [1.82, 2.24) is 0 Å². The van der Waals surface area contributed by atoms with Gasteiger partial charge in [0.05, 0.1) is 7.11 Å². The molecule has 1 heterocycles. The standard InChI is InChI=1S/C17H17NO2/c1-20-15-7-4-12(5-8-15)17(19)14-6-9-16-13(11-14)3-2-10-18-16/h4-9,11,18H,2-3,10H2,1H3. The van der Waals surface area contributed by atoms with Crippen LogP contribution in [0.2, 0.25) is 0 Å². The minimum atomic E-state index is 0.0565. The topological polar surface area (TPSA) is 38.3 Å². The number of aryl methyl sites for hydroxylation is 1. The first kappa shape index (κ1) is 12.7. The third kappa shape index (κ3) is 2.39. The average Bonchev–Trinajstić information content (AvgIpc) is 2.54. The highest BCUT2D eigenvalue weighted by atomic mass is 16.5. The van der Waals surface area contributed by atoms with Gasteiger partial charge in [0.15, 0.2) is 5.78 Å². The second kappa shape index (κ2) is 5.37. The lowest BCUT2D eigenvalue weighted by Gasteiger charge is -2.18. The summed E-state index contributed by atoms with van der Waals surface area (Å²) in [5.41, 5.74) is 3.82. The maximum atomic E-state index is 12.5. The van der Waals surface area contributed by atoms with Gasteiger partial charge in [-0.1, -0.05) is 0 Å². The normalized spacial score (nSPS) is 13.2. The molecule has 0 spiro atoms. The van der Waals surface area contributed by atoms with Gasteiger partial charge in [0, 0.05) is 23.4 Å². The SMILES string of the molecule is COc1ccc(C(=O)c2ccc3c(c2)CCCN3)cc1. The smallest absolute Gasteiger partial charge is 0.193 e. The van der Waals surface area contributed by atoms with Crippen molar-refractivity contribution >= 4 is 11.5 Å². The molecule has 3 rings (SSSR count). The maximum absolute atomic E-state index is 12.5. The van der Waals surface area contributed by atoms with Gasteiger partial charge in [-0.3, -0.25) is 4.79 Å². The molecule has 0 aromatic heterocycles. The number of fused-ring (bicyclic) bond motifs is 1. The Kier molecular flexibility index (Phi) is 3.42. The number of hydrogen-bond donors (Lipinski definition) is 1. The molecular formula is C17H17NO2. The molecule has 20 heavy (non-hydrogen) atoms. The van der Waals surface area contributed by atoms with Crippen LogP contribution in [-0.4, -0.2) is 19.4 Å². The van der Waals surface area contributed by atoms with Gasteiger partial charge in [-0.2, -0.15) is 0 Å². The molecule has 0 saturated carbocycles. The van der Waals surface area contributed by atoms with Crippen LogP contribution >= 0.6 is 0 Å². The van der Waals surface area contributed by atoms with Gasteiger partial charge in [-0.15, -0.1) is 0 Å². The van der Waals surface area contributed by atoms with Crippen molar-refractivity contribution in [3.63, 3.8) is 0 Å². The van der Waals surface area contributed by atoms with Crippen LogP contribution < -0.4 is 10.1 Å². The number of ketones is 1. The molecule has 1 aliphatic heterocycles. The highest BCUT2D eigenvalue weighted by Gasteiger charge is 2.13. The molecule has 0 radical (unpaired) electrons. The molecule has 102 valence electrons. The average molecular weight is 267 g/mol. The lowest BCUT2D eigenvalue weighted by molar-refractivity contribution is 0.103. The monoisotopic (exact) mass is 267 g/mol. The Morgan fingerprint density at radius 2 is 1.85 bits per heavy atom. The van der Waals surface area contributed by atoms with Crippen molar-refractivity contribution in [1.29, 1.82) is 0 Å². The number of benzene rings is 2. The number of ether oxygens (including phenoxy) is 1. The Morgan fingerprint density at radius 3 is 2.60 bits per heavy atom. The van der Waals surface area contributed by atoms with Crippen molar-refractivity contribution < 1.29 is 9.53 Å². The summed E-state index contributed by atoms with van der Waals surface area (Å²) < 4.78 is 5.11. The number of carbonyl (C=O) groups excluding carboxylic acids is 1. The zero-order chi connectivity index (χ0) is 13.9. The fourth-order valence-corrected chi connectivity index (χ4v) is 2.53. The van der Waals surface area contributed by atoms with Gasteiger partial charge < -0.3 is 10.1 Å². The van der Waals surface area contributed by atoms with Crippen LogP contribution in [0.4, 0.5) is 5.69 Å². The molecule has 0 unspecified atom stereocenters.